The van der Waals surface area contributed by atoms with Crippen LogP contribution in [0.4, 0.5) is 27.6 Å². The number of pyridine rings is 1. The second-order valence-corrected chi connectivity index (χ2v) is 7.59. The molecule has 2 aromatic heterocycles. The van der Waals surface area contributed by atoms with E-state index in [9.17, 15) is 30.4 Å². The van der Waals surface area contributed by atoms with Crippen molar-refractivity contribution >= 4 is 27.3 Å². The van der Waals surface area contributed by atoms with Crippen molar-refractivity contribution in [2.75, 3.05) is 4.72 Å². The molecule has 0 radical (unpaired) electrons. The maximum atomic E-state index is 13.9. The molecule has 0 unspecified atom stereocenters. The lowest BCUT2D eigenvalue weighted by molar-refractivity contribution is -0.140. The van der Waals surface area contributed by atoms with Crippen molar-refractivity contribution in [3.8, 4) is 11.4 Å². The van der Waals surface area contributed by atoms with Gasteiger partial charge in [-0.05, 0) is 24.3 Å². The number of hydrogen-bond donors (Lipinski definition) is 2. The Hall–Kier alpha value is -2.66. The Kier molecular flexibility index (Phi) is 5.06. The van der Waals surface area contributed by atoms with Gasteiger partial charge in [-0.15, -0.1) is 0 Å². The van der Waals surface area contributed by atoms with Gasteiger partial charge in [0, 0.05) is 18.5 Å². The summed E-state index contributed by atoms with van der Waals surface area (Å²) in [7, 11) is -4.44. The smallest absolute Gasteiger partial charge is 0.359 e. The normalized spacial score (nSPS) is 12.2. The number of aromatic nitrogens is 2. The van der Waals surface area contributed by atoms with Crippen molar-refractivity contribution in [1.82, 2.24) is 9.97 Å². The molecule has 0 aliphatic heterocycles. The topological polar surface area (TPSA) is 74.8 Å². The highest BCUT2D eigenvalue weighted by atomic mass is 35.5. The molecular formula is C16H9ClF5N3O2S. The van der Waals surface area contributed by atoms with Crippen LogP contribution in [0.2, 0.25) is 5.02 Å². The number of rotatable bonds is 4. The van der Waals surface area contributed by atoms with Crippen molar-refractivity contribution < 1.29 is 30.4 Å². The van der Waals surface area contributed by atoms with E-state index in [0.29, 0.717) is 0 Å². The van der Waals surface area contributed by atoms with Gasteiger partial charge in [0.25, 0.3) is 10.0 Å². The Morgan fingerprint density at radius 3 is 2.46 bits per heavy atom. The van der Waals surface area contributed by atoms with Crippen LogP contribution in [-0.2, 0) is 16.2 Å². The third kappa shape index (κ3) is 3.94. The van der Waals surface area contributed by atoms with E-state index < -0.39 is 39.1 Å². The molecule has 2 heterocycles. The second kappa shape index (κ2) is 7.06. The van der Waals surface area contributed by atoms with Gasteiger partial charge in [0.2, 0.25) is 0 Å². The van der Waals surface area contributed by atoms with Gasteiger partial charge in [0.15, 0.2) is 0 Å². The predicted molar refractivity (Wildman–Crippen MR) is 91.2 cm³/mol. The molecule has 0 saturated carbocycles. The Morgan fingerprint density at radius 1 is 1.11 bits per heavy atom. The predicted octanol–water partition coefficient (Wildman–Crippen LogP) is 4.83. The molecule has 5 nitrogen and oxygen atoms in total. The van der Waals surface area contributed by atoms with Crippen molar-refractivity contribution in [2.45, 2.75) is 11.1 Å². The number of sulfonamides is 1. The van der Waals surface area contributed by atoms with Crippen molar-refractivity contribution in [3.63, 3.8) is 0 Å². The fraction of sp³-hybridized carbons (Fsp3) is 0.0625. The third-order valence-electron chi connectivity index (χ3n) is 3.59. The summed E-state index contributed by atoms with van der Waals surface area (Å²) in [5.74, 6) is -3.40. The van der Waals surface area contributed by atoms with Gasteiger partial charge in [0.05, 0.1) is 22.0 Å². The lowest BCUT2D eigenvalue weighted by atomic mass is 10.2. The molecule has 28 heavy (non-hydrogen) atoms. The zero-order chi connectivity index (χ0) is 20.7. The van der Waals surface area contributed by atoms with Crippen LogP contribution in [0.1, 0.15) is 5.56 Å². The minimum Gasteiger partial charge on any atom is -0.359 e. The molecule has 3 rings (SSSR count). The molecule has 2 N–H and O–H groups in total. The van der Waals surface area contributed by atoms with E-state index in [0.717, 1.165) is 12.3 Å². The van der Waals surface area contributed by atoms with Gasteiger partial charge in [-0.25, -0.2) is 17.2 Å². The van der Waals surface area contributed by atoms with Crippen LogP contribution in [0.3, 0.4) is 0 Å². The van der Waals surface area contributed by atoms with E-state index in [1.54, 1.807) is 10.8 Å². The van der Waals surface area contributed by atoms with Crippen LogP contribution < -0.4 is 4.72 Å². The van der Waals surface area contributed by atoms with E-state index >= 15 is 0 Å². The average molecular weight is 438 g/mol. The third-order valence-corrected chi connectivity index (χ3v) is 5.24. The van der Waals surface area contributed by atoms with Crippen LogP contribution in [0, 0.1) is 11.6 Å². The van der Waals surface area contributed by atoms with Crippen molar-refractivity contribution in [3.05, 3.63) is 64.9 Å². The van der Waals surface area contributed by atoms with Gasteiger partial charge >= 0.3 is 6.18 Å². The number of H-pyrrole nitrogens is 1. The molecule has 0 amide bonds. The molecule has 3 aromatic rings. The van der Waals surface area contributed by atoms with Gasteiger partial charge in [-0.1, -0.05) is 11.6 Å². The molecule has 1 aromatic carbocycles. The SMILES string of the molecule is O=S(=O)(Nc1cc(F)c(C(F)(F)F)cc1F)c1c[nH]c(-c2ncccc2Cl)c1. The summed E-state index contributed by atoms with van der Waals surface area (Å²) < 4.78 is 91.8. The fourth-order valence-electron chi connectivity index (χ4n) is 2.30. The lowest BCUT2D eigenvalue weighted by Gasteiger charge is -2.12. The molecule has 0 atom stereocenters. The van der Waals surface area contributed by atoms with Crippen LogP contribution in [0.5, 0.6) is 0 Å². The number of nitrogens with zero attached hydrogens (tertiary/aromatic N) is 1. The molecule has 148 valence electrons. The lowest BCUT2D eigenvalue weighted by Crippen LogP contribution is -2.15. The summed E-state index contributed by atoms with van der Waals surface area (Å²) in [5, 5.41) is 0.233. The fourth-order valence-corrected chi connectivity index (χ4v) is 3.57. The van der Waals surface area contributed by atoms with E-state index in [1.165, 1.54) is 12.3 Å². The first-order valence-corrected chi connectivity index (χ1v) is 9.23. The summed E-state index contributed by atoms with van der Waals surface area (Å²) in [6.07, 6.45) is -2.66. The first-order chi connectivity index (χ1) is 13.0. The van der Waals surface area contributed by atoms with Crippen LogP contribution in [-0.4, -0.2) is 18.4 Å². The Labute approximate surface area is 160 Å². The molecule has 0 aliphatic carbocycles. The van der Waals surface area contributed by atoms with Crippen molar-refractivity contribution in [2.24, 2.45) is 0 Å². The number of alkyl halides is 3. The maximum absolute atomic E-state index is 13.9. The van der Waals surface area contributed by atoms with Crippen LogP contribution >= 0.6 is 11.6 Å². The quantitative estimate of drug-likeness (QED) is 0.574. The second-order valence-electron chi connectivity index (χ2n) is 5.50. The van der Waals surface area contributed by atoms with Crippen molar-refractivity contribution in [1.29, 1.82) is 0 Å². The molecule has 0 aliphatic rings. The first-order valence-electron chi connectivity index (χ1n) is 7.37. The zero-order valence-electron chi connectivity index (χ0n) is 13.5. The summed E-state index contributed by atoms with van der Waals surface area (Å²) in [6.45, 7) is 0. The highest BCUT2D eigenvalue weighted by Gasteiger charge is 2.35. The monoisotopic (exact) mass is 437 g/mol. The Bertz CT molecular complexity index is 1150. The minimum atomic E-state index is -5.13. The molecule has 0 bridgehead atoms. The van der Waals surface area contributed by atoms with E-state index in [4.69, 9.17) is 11.6 Å². The zero-order valence-corrected chi connectivity index (χ0v) is 15.1. The molecular weight excluding hydrogens is 429 g/mol. The number of nitrogens with one attached hydrogen (secondary N) is 2. The molecule has 12 heteroatoms. The molecule has 0 fully saturated rings. The summed E-state index contributed by atoms with van der Waals surface area (Å²) in [4.78, 5) is 6.23. The number of anilines is 1. The standard InChI is InChI=1S/C16H9ClF5N3O2S/c17-10-2-1-3-23-15(10)14-4-8(7-24-14)28(26,27)25-13-6-11(18)9(5-12(13)19)16(20,21)22/h1-7,24-25H. The highest BCUT2D eigenvalue weighted by Crippen LogP contribution is 2.34. The van der Waals surface area contributed by atoms with Gasteiger partial charge in [0.1, 0.15) is 22.2 Å². The van der Waals surface area contributed by atoms with Gasteiger partial charge < -0.3 is 4.98 Å². The molecule has 0 saturated heterocycles. The van der Waals surface area contributed by atoms with E-state index in [2.05, 4.69) is 9.97 Å². The number of halogens is 6. The van der Waals surface area contributed by atoms with E-state index in [1.807, 2.05) is 0 Å². The van der Waals surface area contributed by atoms with Crippen LogP contribution in [0.15, 0.2) is 47.6 Å². The number of benzene rings is 1. The Morgan fingerprint density at radius 2 is 1.82 bits per heavy atom. The van der Waals surface area contributed by atoms with Gasteiger partial charge in [-0.2, -0.15) is 13.2 Å². The average Bonchev–Trinajstić information content (AvgIpc) is 3.08. The summed E-state index contributed by atoms with van der Waals surface area (Å²) in [5.41, 5.74) is -2.34. The summed E-state index contributed by atoms with van der Waals surface area (Å²) in [6, 6.07) is 4.23. The van der Waals surface area contributed by atoms with Gasteiger partial charge in [-0.3, -0.25) is 9.71 Å². The van der Waals surface area contributed by atoms with Crippen LogP contribution in [0.25, 0.3) is 11.4 Å². The molecule has 0 spiro atoms. The summed E-state index contributed by atoms with van der Waals surface area (Å²) >= 11 is 5.97. The van der Waals surface area contributed by atoms with E-state index in [-0.39, 0.29) is 33.4 Å². The number of aromatic amines is 1. The maximum Gasteiger partial charge on any atom is 0.419 e. The Balaban J connectivity index is 1.93. The number of hydrogen-bond acceptors (Lipinski definition) is 3. The first kappa shape index (κ1) is 20.1. The minimum absolute atomic E-state index is 0.122. The largest absolute Gasteiger partial charge is 0.419 e. The highest BCUT2D eigenvalue weighted by molar-refractivity contribution is 7.92.